The zero-order valence-corrected chi connectivity index (χ0v) is 11.8. The van der Waals surface area contributed by atoms with Gasteiger partial charge in [0, 0.05) is 18.5 Å². The van der Waals surface area contributed by atoms with Gasteiger partial charge >= 0.3 is 0 Å². The maximum absolute atomic E-state index is 6.39. The fraction of sp³-hybridized carbons (Fsp3) is 1.00. The van der Waals surface area contributed by atoms with Gasteiger partial charge in [-0.3, -0.25) is 0 Å². The van der Waals surface area contributed by atoms with E-state index >= 15 is 0 Å². The van der Waals surface area contributed by atoms with Crippen LogP contribution in [0.25, 0.3) is 0 Å². The second-order valence-electron chi connectivity index (χ2n) is 5.43. The summed E-state index contributed by atoms with van der Waals surface area (Å²) in [4.78, 5) is 0. The molecule has 2 aliphatic rings. The number of rotatable bonds is 3. The topological polar surface area (TPSA) is 18.5 Å². The first kappa shape index (κ1) is 12.8. The Hall–Kier alpha value is 0.400. The predicted molar refractivity (Wildman–Crippen MR) is 69.1 cm³/mol. The van der Waals surface area contributed by atoms with Gasteiger partial charge in [0.1, 0.15) is 0 Å². The average Bonchev–Trinajstić information content (AvgIpc) is 2.34. The summed E-state index contributed by atoms with van der Waals surface area (Å²) < 4.78 is 11.8. The summed E-state index contributed by atoms with van der Waals surface area (Å²) in [6.45, 7) is 4.10. The highest BCUT2D eigenvalue weighted by atomic mass is 79.9. The van der Waals surface area contributed by atoms with Gasteiger partial charge in [0.2, 0.25) is 0 Å². The molecular weight excluding hydrogens is 268 g/mol. The first-order valence-electron chi connectivity index (χ1n) is 6.56. The highest BCUT2D eigenvalue weighted by Crippen LogP contribution is 2.37. The van der Waals surface area contributed by atoms with Crippen LogP contribution in [0.5, 0.6) is 0 Å². The number of alkyl halides is 1. The lowest BCUT2D eigenvalue weighted by Gasteiger charge is -2.41. The van der Waals surface area contributed by atoms with Gasteiger partial charge in [-0.1, -0.05) is 22.9 Å². The second-order valence-corrected chi connectivity index (χ2v) is 5.99. The van der Waals surface area contributed by atoms with Crippen molar-refractivity contribution < 1.29 is 9.47 Å². The quantitative estimate of drug-likeness (QED) is 0.741. The minimum atomic E-state index is 0.120. The highest BCUT2D eigenvalue weighted by molar-refractivity contribution is 9.09. The third-order valence-corrected chi connectivity index (χ3v) is 5.04. The van der Waals surface area contributed by atoms with Crippen LogP contribution in [0.4, 0.5) is 0 Å². The van der Waals surface area contributed by atoms with Crippen molar-refractivity contribution in [1.82, 2.24) is 0 Å². The first-order valence-corrected chi connectivity index (χ1v) is 7.68. The Morgan fingerprint density at radius 3 is 2.38 bits per heavy atom. The van der Waals surface area contributed by atoms with Crippen LogP contribution in [0.15, 0.2) is 0 Å². The molecule has 94 valence electrons. The van der Waals surface area contributed by atoms with Gasteiger partial charge in [-0.25, -0.2) is 0 Å². The van der Waals surface area contributed by atoms with Crippen LogP contribution in [-0.2, 0) is 9.47 Å². The lowest BCUT2D eigenvalue weighted by molar-refractivity contribution is -0.131. The summed E-state index contributed by atoms with van der Waals surface area (Å²) >= 11 is 3.66. The Labute approximate surface area is 107 Å². The van der Waals surface area contributed by atoms with Crippen LogP contribution >= 0.6 is 15.9 Å². The van der Waals surface area contributed by atoms with E-state index in [1.54, 1.807) is 0 Å². The number of halogens is 1. The minimum absolute atomic E-state index is 0.120. The summed E-state index contributed by atoms with van der Waals surface area (Å²) in [5, 5.41) is 0.990. The van der Waals surface area contributed by atoms with Gasteiger partial charge in [0.05, 0.1) is 11.7 Å². The van der Waals surface area contributed by atoms with E-state index in [1.807, 2.05) is 0 Å². The molecule has 1 heterocycles. The summed E-state index contributed by atoms with van der Waals surface area (Å²) in [6.07, 6.45) is 7.64. The largest absolute Gasteiger partial charge is 0.381 e. The van der Waals surface area contributed by atoms with Gasteiger partial charge in [0.15, 0.2) is 0 Å². The fourth-order valence-electron chi connectivity index (χ4n) is 2.72. The van der Waals surface area contributed by atoms with Crippen molar-refractivity contribution in [3.63, 3.8) is 0 Å². The molecule has 0 N–H and O–H groups in total. The van der Waals surface area contributed by atoms with Gasteiger partial charge in [0.25, 0.3) is 0 Å². The van der Waals surface area contributed by atoms with E-state index in [0.29, 0.717) is 6.10 Å². The molecule has 0 aromatic rings. The molecule has 0 unspecified atom stereocenters. The van der Waals surface area contributed by atoms with Gasteiger partial charge in [-0.15, -0.1) is 0 Å². The van der Waals surface area contributed by atoms with E-state index in [1.165, 1.54) is 25.7 Å². The van der Waals surface area contributed by atoms with E-state index in [9.17, 15) is 0 Å². The summed E-state index contributed by atoms with van der Waals surface area (Å²) in [5.74, 6) is 0.880. The molecule has 0 aromatic carbocycles. The fourth-order valence-corrected chi connectivity index (χ4v) is 3.41. The number of hydrogen-bond donors (Lipinski definition) is 0. The Morgan fingerprint density at radius 2 is 1.81 bits per heavy atom. The van der Waals surface area contributed by atoms with Crippen LogP contribution in [0.2, 0.25) is 0 Å². The first-order chi connectivity index (χ1) is 7.74. The van der Waals surface area contributed by atoms with Gasteiger partial charge in [-0.05, 0) is 44.4 Å². The van der Waals surface area contributed by atoms with Crippen LogP contribution < -0.4 is 0 Å². The third kappa shape index (κ3) is 3.21. The molecule has 1 saturated carbocycles. The standard InChI is InChI=1S/C13H23BrO2/c1-11-2-6-13(10-14,7-3-11)16-12-4-8-15-9-5-12/h11-12H,2-10H2,1H3. The van der Waals surface area contributed by atoms with Crippen molar-refractivity contribution in [2.75, 3.05) is 18.5 Å². The number of ether oxygens (including phenoxy) is 2. The monoisotopic (exact) mass is 290 g/mol. The zero-order chi connectivity index (χ0) is 11.4. The van der Waals surface area contributed by atoms with E-state index in [0.717, 1.165) is 37.3 Å². The zero-order valence-electron chi connectivity index (χ0n) is 10.2. The molecule has 3 heteroatoms. The van der Waals surface area contributed by atoms with Crippen molar-refractivity contribution in [2.45, 2.75) is 57.2 Å². The molecule has 0 spiro atoms. The normalized spacial score (nSPS) is 37.5. The van der Waals surface area contributed by atoms with Crippen molar-refractivity contribution in [1.29, 1.82) is 0 Å². The third-order valence-electron chi connectivity index (χ3n) is 4.01. The lowest BCUT2D eigenvalue weighted by Crippen LogP contribution is -2.43. The molecule has 0 radical (unpaired) electrons. The summed E-state index contributed by atoms with van der Waals surface area (Å²) in [6, 6.07) is 0. The SMILES string of the molecule is CC1CCC(CBr)(OC2CCOCC2)CC1. The predicted octanol–water partition coefficient (Wildman–Crippen LogP) is 3.53. The summed E-state index contributed by atoms with van der Waals surface area (Å²) in [7, 11) is 0. The molecule has 1 aliphatic carbocycles. The molecule has 1 saturated heterocycles. The Bertz CT molecular complexity index is 206. The minimum Gasteiger partial charge on any atom is -0.381 e. The van der Waals surface area contributed by atoms with Crippen LogP contribution in [0, 0.1) is 5.92 Å². The average molecular weight is 291 g/mol. The van der Waals surface area contributed by atoms with Crippen LogP contribution in [0.3, 0.4) is 0 Å². The molecular formula is C13H23BrO2. The second kappa shape index (κ2) is 5.83. The van der Waals surface area contributed by atoms with E-state index in [4.69, 9.17) is 9.47 Å². The van der Waals surface area contributed by atoms with Crippen molar-refractivity contribution in [3.8, 4) is 0 Å². The molecule has 16 heavy (non-hydrogen) atoms. The van der Waals surface area contributed by atoms with Gasteiger partial charge < -0.3 is 9.47 Å². The van der Waals surface area contributed by atoms with E-state index < -0.39 is 0 Å². The molecule has 1 aliphatic heterocycles. The molecule has 0 amide bonds. The lowest BCUT2D eigenvalue weighted by atomic mass is 9.80. The van der Waals surface area contributed by atoms with Crippen molar-refractivity contribution in [3.05, 3.63) is 0 Å². The maximum Gasteiger partial charge on any atom is 0.0782 e. The Balaban J connectivity index is 1.88. The Kier molecular flexibility index (Phi) is 4.68. The molecule has 2 rings (SSSR count). The molecule has 2 nitrogen and oxygen atoms in total. The maximum atomic E-state index is 6.39. The van der Waals surface area contributed by atoms with E-state index in [2.05, 4.69) is 22.9 Å². The summed E-state index contributed by atoms with van der Waals surface area (Å²) in [5.41, 5.74) is 0.120. The van der Waals surface area contributed by atoms with Crippen LogP contribution in [-0.4, -0.2) is 30.2 Å². The molecule has 0 bridgehead atoms. The number of hydrogen-bond acceptors (Lipinski definition) is 2. The van der Waals surface area contributed by atoms with Crippen molar-refractivity contribution in [2.24, 2.45) is 5.92 Å². The molecule has 2 fully saturated rings. The Morgan fingerprint density at radius 1 is 1.19 bits per heavy atom. The van der Waals surface area contributed by atoms with E-state index in [-0.39, 0.29) is 5.60 Å². The smallest absolute Gasteiger partial charge is 0.0782 e. The van der Waals surface area contributed by atoms with Crippen molar-refractivity contribution >= 4 is 15.9 Å². The van der Waals surface area contributed by atoms with Crippen LogP contribution in [0.1, 0.15) is 45.4 Å². The molecule has 0 atom stereocenters. The highest BCUT2D eigenvalue weighted by Gasteiger charge is 2.36. The van der Waals surface area contributed by atoms with Gasteiger partial charge in [-0.2, -0.15) is 0 Å². The molecule has 0 aromatic heterocycles.